The number of imidazole rings is 1. The Morgan fingerprint density at radius 3 is 2.87 bits per heavy atom. The fourth-order valence-electron chi connectivity index (χ4n) is 1.20. The molecule has 2 aromatic heterocycles. The highest BCUT2D eigenvalue weighted by molar-refractivity contribution is 7.09. The highest BCUT2D eigenvalue weighted by atomic mass is 32.1. The predicted octanol–water partition coefficient (Wildman–Crippen LogP) is 1.76. The van der Waals surface area contributed by atoms with E-state index >= 15 is 0 Å². The number of nitrogens with one attached hydrogen (secondary N) is 1. The van der Waals surface area contributed by atoms with E-state index in [0.717, 1.165) is 11.0 Å². The summed E-state index contributed by atoms with van der Waals surface area (Å²) in [7, 11) is 1.93. The molecule has 0 fully saturated rings. The molecule has 5 nitrogen and oxygen atoms in total. The molecule has 0 saturated carbocycles. The summed E-state index contributed by atoms with van der Waals surface area (Å²) in [6, 6.07) is 0.368. The summed E-state index contributed by atoms with van der Waals surface area (Å²) in [5, 5.41) is 4.05. The fourth-order valence-corrected chi connectivity index (χ4v) is 1.91. The molecule has 0 saturated heterocycles. The van der Waals surface area contributed by atoms with Gasteiger partial charge >= 0.3 is 0 Å². The summed E-state index contributed by atoms with van der Waals surface area (Å²) in [4.78, 5) is 8.56. The molecule has 2 aromatic rings. The molecular weight excluding hydrogens is 210 g/mol. The van der Waals surface area contributed by atoms with E-state index in [1.165, 1.54) is 11.5 Å². The molecule has 1 N–H and O–H groups in total. The molecule has 0 aliphatic carbocycles. The number of rotatable bonds is 3. The third-order valence-corrected chi connectivity index (χ3v) is 2.51. The van der Waals surface area contributed by atoms with Crippen LogP contribution in [0, 0.1) is 0 Å². The zero-order chi connectivity index (χ0) is 10.8. The Labute approximate surface area is 92.4 Å². The first-order valence-electron chi connectivity index (χ1n) is 4.75. The van der Waals surface area contributed by atoms with Crippen LogP contribution in [-0.4, -0.2) is 25.0 Å². The Kier molecular flexibility index (Phi) is 2.68. The largest absolute Gasteiger partial charge is 0.358 e. The summed E-state index contributed by atoms with van der Waals surface area (Å²) in [5.74, 6) is 1.47. The van der Waals surface area contributed by atoms with Gasteiger partial charge in [-0.05, 0) is 13.8 Å². The molecule has 80 valence electrons. The van der Waals surface area contributed by atoms with Crippen molar-refractivity contribution in [3.8, 4) is 11.6 Å². The van der Waals surface area contributed by atoms with Gasteiger partial charge in [-0.1, -0.05) is 0 Å². The molecular formula is C9H13N5S. The molecule has 0 spiro atoms. The monoisotopic (exact) mass is 223 g/mol. The van der Waals surface area contributed by atoms with Crippen LogP contribution in [0.4, 0.5) is 5.13 Å². The number of nitrogens with zero attached hydrogens (tertiary/aromatic N) is 4. The molecule has 0 aliphatic heterocycles. The van der Waals surface area contributed by atoms with Crippen LogP contribution in [0.15, 0.2) is 12.4 Å². The number of hydrogen-bond acceptors (Lipinski definition) is 5. The lowest BCUT2D eigenvalue weighted by atomic mass is 10.4. The van der Waals surface area contributed by atoms with Crippen molar-refractivity contribution < 1.29 is 0 Å². The molecule has 2 heterocycles. The van der Waals surface area contributed by atoms with E-state index in [4.69, 9.17) is 0 Å². The third-order valence-electron chi connectivity index (χ3n) is 1.86. The fraction of sp³-hybridized carbons (Fsp3) is 0.444. The van der Waals surface area contributed by atoms with Gasteiger partial charge in [0.2, 0.25) is 11.0 Å². The van der Waals surface area contributed by atoms with Gasteiger partial charge < -0.3 is 9.88 Å². The number of aryl methyl sites for hydroxylation is 1. The molecule has 0 aliphatic rings. The summed E-state index contributed by atoms with van der Waals surface area (Å²) in [6.07, 6.45) is 3.62. The average Bonchev–Trinajstić information content (AvgIpc) is 2.72. The minimum absolute atomic E-state index is 0.368. The van der Waals surface area contributed by atoms with Gasteiger partial charge in [0.15, 0.2) is 5.82 Å². The van der Waals surface area contributed by atoms with Gasteiger partial charge in [0, 0.05) is 37.0 Å². The number of aromatic nitrogens is 4. The third kappa shape index (κ3) is 2.15. The maximum absolute atomic E-state index is 4.37. The highest BCUT2D eigenvalue weighted by Gasteiger charge is 2.10. The summed E-state index contributed by atoms with van der Waals surface area (Å²) in [5.41, 5.74) is 0. The van der Waals surface area contributed by atoms with E-state index in [1.54, 1.807) is 6.20 Å². The minimum atomic E-state index is 0.368. The lowest BCUT2D eigenvalue weighted by Gasteiger charge is -2.03. The molecule has 0 radical (unpaired) electrons. The van der Waals surface area contributed by atoms with Crippen LogP contribution in [0.3, 0.4) is 0 Å². The maximum Gasteiger partial charge on any atom is 0.210 e. The average molecular weight is 223 g/mol. The Balaban J connectivity index is 2.24. The number of hydrogen-bond donors (Lipinski definition) is 1. The summed E-state index contributed by atoms with van der Waals surface area (Å²) >= 11 is 1.36. The molecule has 15 heavy (non-hydrogen) atoms. The lowest BCUT2D eigenvalue weighted by molar-refractivity contribution is 0.892. The van der Waals surface area contributed by atoms with Crippen LogP contribution in [0.2, 0.25) is 0 Å². The summed E-state index contributed by atoms with van der Waals surface area (Å²) < 4.78 is 6.16. The normalized spacial score (nSPS) is 10.9. The number of anilines is 1. The van der Waals surface area contributed by atoms with Crippen molar-refractivity contribution in [2.75, 3.05) is 5.32 Å². The topological polar surface area (TPSA) is 55.6 Å². The van der Waals surface area contributed by atoms with Crippen LogP contribution in [0.5, 0.6) is 0 Å². The first-order chi connectivity index (χ1) is 7.16. The summed E-state index contributed by atoms with van der Waals surface area (Å²) in [6.45, 7) is 4.14. The van der Waals surface area contributed by atoms with Gasteiger partial charge in [-0.2, -0.15) is 9.36 Å². The Morgan fingerprint density at radius 2 is 2.27 bits per heavy atom. The Morgan fingerprint density at radius 1 is 1.47 bits per heavy atom. The second-order valence-corrected chi connectivity index (χ2v) is 4.34. The van der Waals surface area contributed by atoms with Gasteiger partial charge in [-0.25, -0.2) is 4.98 Å². The molecule has 2 rings (SSSR count). The molecule has 0 unspecified atom stereocenters. The van der Waals surface area contributed by atoms with E-state index in [0.29, 0.717) is 11.9 Å². The van der Waals surface area contributed by atoms with Crippen molar-refractivity contribution in [3.63, 3.8) is 0 Å². The van der Waals surface area contributed by atoms with Gasteiger partial charge in [-0.15, -0.1) is 0 Å². The van der Waals surface area contributed by atoms with Crippen molar-refractivity contribution >= 4 is 16.7 Å². The van der Waals surface area contributed by atoms with Crippen LogP contribution in [0.25, 0.3) is 11.6 Å². The van der Waals surface area contributed by atoms with Crippen molar-refractivity contribution in [2.45, 2.75) is 19.9 Å². The predicted molar refractivity (Wildman–Crippen MR) is 60.9 cm³/mol. The first-order valence-corrected chi connectivity index (χ1v) is 5.52. The van der Waals surface area contributed by atoms with E-state index < -0.39 is 0 Å². The maximum atomic E-state index is 4.37. The van der Waals surface area contributed by atoms with Crippen molar-refractivity contribution in [1.82, 2.24) is 18.9 Å². The Bertz CT molecular complexity index is 445. The second kappa shape index (κ2) is 3.98. The molecule has 0 amide bonds. The van der Waals surface area contributed by atoms with E-state index in [9.17, 15) is 0 Å². The quantitative estimate of drug-likeness (QED) is 0.861. The highest BCUT2D eigenvalue weighted by Crippen LogP contribution is 2.19. The lowest BCUT2D eigenvalue weighted by Crippen LogP contribution is -2.09. The van der Waals surface area contributed by atoms with Crippen LogP contribution in [0.1, 0.15) is 13.8 Å². The molecule has 6 heteroatoms. The zero-order valence-electron chi connectivity index (χ0n) is 8.93. The van der Waals surface area contributed by atoms with Gasteiger partial charge in [0.25, 0.3) is 0 Å². The SMILES string of the molecule is CC(C)Nc1nc(-c2nccn2C)ns1. The van der Waals surface area contributed by atoms with Crippen LogP contribution in [-0.2, 0) is 7.05 Å². The molecule has 0 bridgehead atoms. The second-order valence-electron chi connectivity index (χ2n) is 3.58. The zero-order valence-corrected chi connectivity index (χ0v) is 9.75. The standard InChI is InChI=1S/C9H13N5S/c1-6(2)11-9-12-7(13-15-9)8-10-4-5-14(8)3/h4-6H,1-3H3,(H,11,12,13). The first kappa shape index (κ1) is 10.1. The minimum Gasteiger partial charge on any atom is -0.358 e. The van der Waals surface area contributed by atoms with Crippen molar-refractivity contribution in [3.05, 3.63) is 12.4 Å². The van der Waals surface area contributed by atoms with Gasteiger partial charge in [0.1, 0.15) is 0 Å². The van der Waals surface area contributed by atoms with Crippen molar-refractivity contribution in [1.29, 1.82) is 0 Å². The molecule has 0 aromatic carbocycles. The van der Waals surface area contributed by atoms with Crippen LogP contribution < -0.4 is 5.32 Å². The van der Waals surface area contributed by atoms with Gasteiger partial charge in [0.05, 0.1) is 0 Å². The molecule has 0 atom stereocenters. The smallest absolute Gasteiger partial charge is 0.210 e. The van der Waals surface area contributed by atoms with E-state index in [-0.39, 0.29) is 0 Å². The Hall–Kier alpha value is -1.43. The van der Waals surface area contributed by atoms with Crippen LogP contribution >= 0.6 is 11.5 Å². The van der Waals surface area contributed by atoms with E-state index in [1.807, 2.05) is 17.8 Å². The van der Waals surface area contributed by atoms with E-state index in [2.05, 4.69) is 33.5 Å². The van der Waals surface area contributed by atoms with Gasteiger partial charge in [-0.3, -0.25) is 0 Å². The van der Waals surface area contributed by atoms with Crippen molar-refractivity contribution in [2.24, 2.45) is 7.05 Å².